The Labute approximate surface area is 332 Å². The van der Waals surface area contributed by atoms with E-state index >= 15 is 0 Å². The van der Waals surface area contributed by atoms with Crippen molar-refractivity contribution in [3.63, 3.8) is 0 Å². The summed E-state index contributed by atoms with van der Waals surface area (Å²) in [5.74, 6) is 0.192. The van der Waals surface area contributed by atoms with Gasteiger partial charge in [-0.1, -0.05) is 31.5 Å². The van der Waals surface area contributed by atoms with Gasteiger partial charge in [-0.25, -0.2) is 4.79 Å². The van der Waals surface area contributed by atoms with Crippen molar-refractivity contribution in [3.05, 3.63) is 76.1 Å². The van der Waals surface area contributed by atoms with Crippen LogP contribution in [0.1, 0.15) is 93.5 Å². The van der Waals surface area contributed by atoms with E-state index in [0.29, 0.717) is 80.3 Å². The van der Waals surface area contributed by atoms with E-state index in [4.69, 9.17) is 30.0 Å². The third-order valence-electron chi connectivity index (χ3n) is 11.8. The molecular weight excluding hydrogens is 771 g/mol. The molecule has 15 heteroatoms. The van der Waals surface area contributed by atoms with Gasteiger partial charge in [0.2, 0.25) is 0 Å². The number of halogens is 4. The third kappa shape index (κ3) is 8.72. The van der Waals surface area contributed by atoms with Gasteiger partial charge in [0, 0.05) is 28.2 Å². The number of anilines is 1. The highest BCUT2D eigenvalue weighted by molar-refractivity contribution is 7.88. The number of fused-ring (bicyclic) bond motifs is 3. The van der Waals surface area contributed by atoms with Crippen molar-refractivity contribution in [2.75, 3.05) is 39.2 Å². The van der Waals surface area contributed by atoms with Crippen molar-refractivity contribution in [3.8, 4) is 17.2 Å². The number of nitrogens with zero attached hydrogens (tertiary/aromatic N) is 1. The normalized spacial score (nSPS) is 23.9. The van der Waals surface area contributed by atoms with Gasteiger partial charge >= 0.3 is 21.6 Å². The summed E-state index contributed by atoms with van der Waals surface area (Å²) in [7, 11) is -2.91. The van der Waals surface area contributed by atoms with Gasteiger partial charge in [0.25, 0.3) is 0 Å². The molecule has 0 amide bonds. The Morgan fingerprint density at radius 2 is 1.84 bits per heavy atom. The first-order chi connectivity index (χ1) is 26.6. The molecule has 1 heterocycles. The zero-order valence-corrected chi connectivity index (χ0v) is 33.8. The van der Waals surface area contributed by atoms with E-state index in [-0.39, 0.29) is 24.2 Å². The number of ether oxygens (including phenoxy) is 3. The van der Waals surface area contributed by atoms with E-state index in [0.717, 1.165) is 41.8 Å². The molecule has 0 unspecified atom stereocenters. The molecule has 1 spiro atoms. The summed E-state index contributed by atoms with van der Waals surface area (Å²) >= 11 is 6.29. The summed E-state index contributed by atoms with van der Waals surface area (Å²) in [6.07, 6.45) is 8.22. The molecule has 0 bridgehead atoms. The van der Waals surface area contributed by atoms with E-state index in [2.05, 4.69) is 29.5 Å². The molecule has 56 heavy (non-hydrogen) atoms. The molecule has 2 aromatic carbocycles. The van der Waals surface area contributed by atoms with Crippen LogP contribution in [0, 0.1) is 11.8 Å². The quantitative estimate of drug-likeness (QED) is 0.0668. The van der Waals surface area contributed by atoms with E-state index in [1.165, 1.54) is 13.2 Å². The first-order valence-electron chi connectivity index (χ1n) is 19.3. The lowest BCUT2D eigenvalue weighted by molar-refractivity contribution is -0.148. The zero-order valence-electron chi connectivity index (χ0n) is 32.3. The van der Waals surface area contributed by atoms with Crippen LogP contribution < -0.4 is 24.3 Å². The van der Waals surface area contributed by atoms with Gasteiger partial charge in [0.05, 0.1) is 20.3 Å². The molecule has 1 aromatic heterocycles. The summed E-state index contributed by atoms with van der Waals surface area (Å²) in [6.45, 7) is 5.46. The first-order valence-corrected chi connectivity index (χ1v) is 21.1. The lowest BCUT2D eigenvalue weighted by Gasteiger charge is -2.47. The molecule has 3 aliphatic carbocycles. The highest BCUT2D eigenvalue weighted by atomic mass is 35.5. The van der Waals surface area contributed by atoms with Crippen molar-refractivity contribution in [2.45, 2.75) is 100 Å². The Kier molecular flexibility index (Phi) is 12.7. The van der Waals surface area contributed by atoms with Crippen LogP contribution in [0.3, 0.4) is 0 Å². The monoisotopic (exact) mass is 821 g/mol. The number of aromatic nitrogens is 1. The number of carbonyl (C=O) groups excluding carboxylic acids is 1. The third-order valence-corrected chi connectivity index (χ3v) is 13.0. The largest absolute Gasteiger partial charge is 0.534 e. The predicted octanol–water partition coefficient (Wildman–Crippen LogP) is 8.50. The van der Waals surface area contributed by atoms with E-state index in [1.807, 2.05) is 12.1 Å². The smallest absolute Gasteiger partial charge is 0.493 e. The van der Waals surface area contributed by atoms with Crippen molar-refractivity contribution in [1.82, 2.24) is 10.3 Å². The number of hydrogen-bond acceptors (Lipinski definition) is 10. The van der Waals surface area contributed by atoms with Crippen molar-refractivity contribution < 1.29 is 44.8 Å². The molecule has 3 aromatic rings. The number of carbonyl (C=O) groups is 1. The minimum atomic E-state index is -6.01. The van der Waals surface area contributed by atoms with Crippen molar-refractivity contribution >= 4 is 33.4 Å². The van der Waals surface area contributed by atoms with Crippen LogP contribution in [0.25, 0.3) is 0 Å². The molecule has 10 nitrogen and oxygen atoms in total. The molecule has 0 aliphatic heterocycles. The predicted molar refractivity (Wildman–Crippen MR) is 208 cm³/mol. The molecule has 6 rings (SSSR count). The highest BCUT2D eigenvalue weighted by Crippen LogP contribution is 2.58. The van der Waals surface area contributed by atoms with Crippen LogP contribution >= 0.6 is 11.6 Å². The molecule has 0 radical (unpaired) electrons. The number of methoxy groups -OCH3 is 1. The van der Waals surface area contributed by atoms with E-state index < -0.39 is 38.3 Å². The Hall–Kier alpha value is -3.75. The Morgan fingerprint density at radius 3 is 2.54 bits per heavy atom. The summed E-state index contributed by atoms with van der Waals surface area (Å²) < 4.78 is 88.5. The van der Waals surface area contributed by atoms with Crippen LogP contribution in [0.15, 0.2) is 48.7 Å². The number of pyridine rings is 1. The number of esters is 1. The van der Waals surface area contributed by atoms with Crippen LogP contribution in [-0.4, -0.2) is 64.3 Å². The average Bonchev–Trinajstić information content (AvgIpc) is 3.43. The number of benzene rings is 2. The van der Waals surface area contributed by atoms with Gasteiger partial charge in [0.15, 0.2) is 11.5 Å². The van der Waals surface area contributed by atoms with Crippen LogP contribution in [0.5, 0.6) is 17.2 Å². The summed E-state index contributed by atoms with van der Waals surface area (Å²) in [6, 6.07) is 12.1. The van der Waals surface area contributed by atoms with Gasteiger partial charge in [0.1, 0.15) is 11.3 Å². The number of rotatable bonds is 15. The van der Waals surface area contributed by atoms with Crippen LogP contribution in [-0.2, 0) is 37.9 Å². The second-order valence-electron chi connectivity index (χ2n) is 15.6. The van der Waals surface area contributed by atoms with Gasteiger partial charge in [-0.05, 0) is 148 Å². The fourth-order valence-corrected chi connectivity index (χ4v) is 9.72. The molecule has 0 saturated heterocycles. The first kappa shape index (κ1) is 41.9. The summed E-state index contributed by atoms with van der Waals surface area (Å²) in [5, 5.41) is 6.89. The maximum atomic E-state index is 13.7. The SMILES string of the molecule is CNCCCOc1cc2c(cc1OS(=O)(=O)C(F)(F)F)C1(CCC(Nc3cccc(Cl)c3)(C(=O)OC)CC1)[C@@H](C[C@@H](C)COc1ccnc3c1[C@H](C)CCC3)C2. The molecule has 3 aliphatic rings. The fraction of sp³-hybridized carbons (Fsp3) is 0.561. The molecule has 1 saturated carbocycles. The summed E-state index contributed by atoms with van der Waals surface area (Å²) in [4.78, 5) is 18.2. The molecule has 306 valence electrons. The molecular formula is C41H51ClF3N3O7S. The van der Waals surface area contributed by atoms with Gasteiger partial charge in [-0.15, -0.1) is 0 Å². The lowest BCUT2D eigenvalue weighted by Crippen LogP contribution is -2.53. The summed E-state index contributed by atoms with van der Waals surface area (Å²) in [5.41, 5.74) is -2.97. The number of alkyl halides is 3. The minimum Gasteiger partial charge on any atom is -0.493 e. The Morgan fingerprint density at radius 1 is 1.07 bits per heavy atom. The van der Waals surface area contributed by atoms with Gasteiger partial charge < -0.3 is 29.0 Å². The van der Waals surface area contributed by atoms with Crippen LogP contribution in [0.2, 0.25) is 5.02 Å². The number of aryl methyl sites for hydroxylation is 1. The van der Waals surface area contributed by atoms with Gasteiger partial charge in [-0.2, -0.15) is 21.6 Å². The van der Waals surface area contributed by atoms with Crippen LogP contribution in [0.4, 0.5) is 18.9 Å². The van der Waals surface area contributed by atoms with Crippen molar-refractivity contribution in [2.24, 2.45) is 11.8 Å². The maximum Gasteiger partial charge on any atom is 0.534 e. The van der Waals surface area contributed by atoms with Crippen molar-refractivity contribution in [1.29, 1.82) is 0 Å². The van der Waals surface area contributed by atoms with Gasteiger partial charge in [-0.3, -0.25) is 4.98 Å². The standard InChI is InChI=1S/C41H51ClF3N3O7S/c1-26(25-54-34-12-18-47-33-11-5-8-27(2)37(33)34)20-29-21-28-22-35(53-19-7-17-46-3)36(55-56(50,51)41(43,44)45)24-32(28)39(29)13-15-40(16-14-39,38(49)52-4)48-31-10-6-9-30(42)23-31/h6,9-10,12,18,22-24,26-27,29,46,48H,5,7-8,11,13-17,19-21,25H2,1-4H3/t26-,27-,29+,39?,40?/m1/s1. The molecule has 2 N–H and O–H groups in total. The molecule has 1 fully saturated rings. The van der Waals surface area contributed by atoms with E-state index in [1.54, 1.807) is 37.5 Å². The second-order valence-corrected chi connectivity index (χ2v) is 17.6. The maximum absolute atomic E-state index is 13.7. The topological polar surface area (TPSA) is 125 Å². The Bertz CT molecular complexity index is 1990. The lowest BCUT2D eigenvalue weighted by atomic mass is 9.59. The highest BCUT2D eigenvalue weighted by Gasteiger charge is 2.55. The molecule has 3 atom stereocenters. The fourth-order valence-electron chi connectivity index (χ4n) is 9.07. The number of hydrogen-bond donors (Lipinski definition) is 2. The second kappa shape index (κ2) is 17.0. The zero-order chi connectivity index (χ0) is 40.3. The van der Waals surface area contributed by atoms with E-state index in [9.17, 15) is 26.4 Å². The minimum absolute atomic E-state index is 0.0326. The number of nitrogens with one attached hydrogen (secondary N) is 2. The average molecular weight is 822 g/mol. The Balaban J connectivity index is 1.35.